The van der Waals surface area contributed by atoms with Crippen molar-refractivity contribution in [2.75, 3.05) is 13.1 Å². The number of nitrogens with two attached hydrogens (primary N) is 1. The minimum Gasteiger partial charge on any atom is -0.508 e. The van der Waals surface area contributed by atoms with E-state index in [2.05, 4.69) is 17.2 Å². The zero-order valence-electron chi connectivity index (χ0n) is 19.6. The van der Waals surface area contributed by atoms with Crippen molar-refractivity contribution in [3.63, 3.8) is 0 Å². The highest BCUT2D eigenvalue weighted by molar-refractivity contribution is 5.87. The summed E-state index contributed by atoms with van der Waals surface area (Å²) in [5, 5.41) is 14.8. The molecule has 0 bridgehead atoms. The van der Waals surface area contributed by atoms with E-state index < -0.39 is 6.04 Å². The van der Waals surface area contributed by atoms with Crippen molar-refractivity contribution in [1.29, 1.82) is 0 Å². The van der Waals surface area contributed by atoms with E-state index >= 15 is 0 Å². The number of phenols is 1. The van der Waals surface area contributed by atoms with Gasteiger partial charge in [-0.1, -0.05) is 49.0 Å². The molecule has 5 N–H and O–H groups in total. The summed E-state index contributed by atoms with van der Waals surface area (Å²) in [6, 6.07) is 15.5. The number of amides is 3. The molecule has 0 aromatic heterocycles. The summed E-state index contributed by atoms with van der Waals surface area (Å²) in [5.41, 5.74) is 7.21. The fourth-order valence-corrected chi connectivity index (χ4v) is 3.70. The molecular weight excluding hydrogens is 432 g/mol. The predicted molar refractivity (Wildman–Crippen MR) is 132 cm³/mol. The number of phenolic OH excluding ortho intramolecular Hbond substituents is 1. The number of aromatic hydroxyl groups is 1. The lowest BCUT2D eigenvalue weighted by Crippen LogP contribution is -2.48. The molecule has 34 heavy (non-hydrogen) atoms. The van der Waals surface area contributed by atoms with Crippen LogP contribution in [0.3, 0.4) is 0 Å². The van der Waals surface area contributed by atoms with Gasteiger partial charge in [-0.25, -0.2) is 0 Å². The van der Waals surface area contributed by atoms with Crippen LogP contribution in [0.25, 0.3) is 0 Å². The maximum Gasteiger partial charge on any atom is 0.245 e. The van der Waals surface area contributed by atoms with Crippen LogP contribution < -0.4 is 16.4 Å². The standard InChI is InChI=1S/C15H20N2O3.C11H14N2O/c1-11(18)16-14(15(20)17-8-2-3-9-17)10-12-4-6-13(19)7-5-12;1-2-13-10(11(12)14)8-9-6-4-3-5-7-9/h4-7,14,19H,2-3,8-10H2,1H3,(H,16,18);2-7,10,13H,1,8H2,(H2,12,14). The van der Waals surface area contributed by atoms with Crippen molar-refractivity contribution in [2.45, 2.75) is 44.7 Å². The zero-order valence-corrected chi connectivity index (χ0v) is 19.6. The van der Waals surface area contributed by atoms with Crippen LogP contribution in [0.5, 0.6) is 5.75 Å². The Morgan fingerprint density at radius 2 is 1.56 bits per heavy atom. The van der Waals surface area contributed by atoms with Gasteiger partial charge in [-0.05, 0) is 42.3 Å². The third kappa shape index (κ3) is 8.97. The topological polar surface area (TPSA) is 125 Å². The summed E-state index contributed by atoms with van der Waals surface area (Å²) >= 11 is 0. The lowest BCUT2D eigenvalue weighted by molar-refractivity contribution is -0.135. The maximum absolute atomic E-state index is 12.4. The number of nitrogens with one attached hydrogen (secondary N) is 2. The van der Waals surface area contributed by atoms with Crippen LogP contribution >= 0.6 is 0 Å². The number of carbonyl (C=O) groups excluding carboxylic acids is 3. The van der Waals surface area contributed by atoms with Crippen LogP contribution in [0.1, 0.15) is 30.9 Å². The van der Waals surface area contributed by atoms with Crippen molar-refractivity contribution in [2.24, 2.45) is 5.73 Å². The average Bonchev–Trinajstić information content (AvgIpc) is 3.35. The molecule has 182 valence electrons. The van der Waals surface area contributed by atoms with Gasteiger partial charge in [0.25, 0.3) is 0 Å². The molecule has 0 spiro atoms. The molecule has 2 aromatic rings. The quantitative estimate of drug-likeness (QED) is 0.449. The number of primary amides is 1. The first-order chi connectivity index (χ1) is 16.3. The summed E-state index contributed by atoms with van der Waals surface area (Å²) in [5.74, 6) is -0.406. The maximum atomic E-state index is 12.4. The SMILES string of the molecule is C=CNC(Cc1ccccc1)C(N)=O.CC(=O)NC(Cc1ccc(O)cc1)C(=O)N1CCCC1. The summed E-state index contributed by atoms with van der Waals surface area (Å²) in [7, 11) is 0. The molecule has 0 radical (unpaired) electrons. The molecule has 2 aromatic carbocycles. The molecule has 1 aliphatic heterocycles. The molecule has 0 saturated carbocycles. The number of hydrogen-bond acceptors (Lipinski definition) is 5. The fraction of sp³-hybridized carbons (Fsp3) is 0.346. The molecule has 1 heterocycles. The fourth-order valence-electron chi connectivity index (χ4n) is 3.70. The Labute approximate surface area is 200 Å². The number of benzene rings is 2. The normalized spacial score (nSPS) is 14.2. The molecule has 3 rings (SSSR count). The van der Waals surface area contributed by atoms with Crippen LogP contribution in [0.4, 0.5) is 0 Å². The Morgan fingerprint density at radius 1 is 1.00 bits per heavy atom. The first kappa shape index (κ1) is 26.4. The first-order valence-electron chi connectivity index (χ1n) is 11.3. The monoisotopic (exact) mass is 466 g/mol. The highest BCUT2D eigenvalue weighted by Gasteiger charge is 2.27. The largest absolute Gasteiger partial charge is 0.508 e. The van der Waals surface area contributed by atoms with Crippen molar-refractivity contribution in [3.8, 4) is 5.75 Å². The van der Waals surface area contributed by atoms with Crippen LogP contribution in [-0.2, 0) is 27.2 Å². The zero-order chi connectivity index (χ0) is 24.9. The second-order valence-corrected chi connectivity index (χ2v) is 8.17. The van der Waals surface area contributed by atoms with E-state index in [1.807, 2.05) is 30.3 Å². The van der Waals surface area contributed by atoms with Gasteiger partial charge in [-0.2, -0.15) is 0 Å². The van der Waals surface area contributed by atoms with E-state index in [9.17, 15) is 19.5 Å². The molecule has 8 heteroatoms. The summed E-state index contributed by atoms with van der Waals surface area (Å²) in [6.45, 7) is 6.46. The molecule has 1 fully saturated rings. The van der Waals surface area contributed by atoms with Gasteiger partial charge in [-0.3, -0.25) is 14.4 Å². The predicted octanol–water partition coefficient (Wildman–Crippen LogP) is 1.88. The van der Waals surface area contributed by atoms with Crippen LogP contribution in [0.15, 0.2) is 67.4 Å². The molecule has 1 saturated heterocycles. The van der Waals surface area contributed by atoms with E-state index in [0.717, 1.165) is 37.1 Å². The minimum atomic E-state index is -0.532. The molecule has 1 aliphatic rings. The van der Waals surface area contributed by atoms with E-state index in [0.29, 0.717) is 12.8 Å². The van der Waals surface area contributed by atoms with E-state index in [1.165, 1.54) is 13.1 Å². The van der Waals surface area contributed by atoms with Crippen LogP contribution in [0.2, 0.25) is 0 Å². The van der Waals surface area contributed by atoms with Gasteiger partial charge in [-0.15, -0.1) is 0 Å². The van der Waals surface area contributed by atoms with E-state index in [1.54, 1.807) is 29.2 Å². The number of carbonyl (C=O) groups is 3. The lowest BCUT2D eigenvalue weighted by Gasteiger charge is -2.23. The molecular formula is C26H34N4O4. The average molecular weight is 467 g/mol. The molecule has 8 nitrogen and oxygen atoms in total. The van der Waals surface area contributed by atoms with Gasteiger partial charge >= 0.3 is 0 Å². The molecule has 3 amide bonds. The van der Waals surface area contributed by atoms with Crippen LogP contribution in [-0.4, -0.2) is 52.9 Å². The third-order valence-electron chi connectivity index (χ3n) is 5.41. The van der Waals surface area contributed by atoms with Gasteiger partial charge in [0.05, 0.1) is 0 Å². The van der Waals surface area contributed by atoms with Crippen LogP contribution in [0, 0.1) is 0 Å². The lowest BCUT2D eigenvalue weighted by atomic mass is 10.0. The van der Waals surface area contributed by atoms with Gasteiger partial charge < -0.3 is 26.4 Å². The van der Waals surface area contributed by atoms with E-state index in [4.69, 9.17) is 5.73 Å². The van der Waals surface area contributed by atoms with E-state index in [-0.39, 0.29) is 29.5 Å². The molecule has 2 atom stereocenters. The van der Waals surface area contributed by atoms with Gasteiger partial charge in [0, 0.05) is 32.9 Å². The number of rotatable bonds is 9. The molecule has 2 unspecified atom stereocenters. The number of likely N-dealkylation sites (tertiary alicyclic amines) is 1. The summed E-state index contributed by atoms with van der Waals surface area (Å²) < 4.78 is 0. The first-order valence-corrected chi connectivity index (χ1v) is 11.3. The number of hydrogen-bond donors (Lipinski definition) is 4. The van der Waals surface area contributed by atoms with Gasteiger partial charge in [0.15, 0.2) is 0 Å². The Morgan fingerprint density at radius 3 is 2.09 bits per heavy atom. The van der Waals surface area contributed by atoms with Gasteiger partial charge in [0.1, 0.15) is 17.8 Å². The third-order valence-corrected chi connectivity index (χ3v) is 5.41. The van der Waals surface area contributed by atoms with Crippen molar-refractivity contribution in [1.82, 2.24) is 15.5 Å². The number of nitrogens with zero attached hydrogens (tertiary/aromatic N) is 1. The van der Waals surface area contributed by atoms with Crippen molar-refractivity contribution < 1.29 is 19.5 Å². The molecule has 0 aliphatic carbocycles. The van der Waals surface area contributed by atoms with Crippen molar-refractivity contribution in [3.05, 3.63) is 78.5 Å². The highest BCUT2D eigenvalue weighted by atomic mass is 16.3. The Hall–Kier alpha value is -3.81. The highest BCUT2D eigenvalue weighted by Crippen LogP contribution is 2.14. The second-order valence-electron chi connectivity index (χ2n) is 8.17. The summed E-state index contributed by atoms with van der Waals surface area (Å²) in [6.07, 6.45) is 4.56. The Balaban J connectivity index is 0.000000257. The van der Waals surface area contributed by atoms with Gasteiger partial charge in [0.2, 0.25) is 17.7 Å². The second kappa shape index (κ2) is 13.7. The van der Waals surface area contributed by atoms with Crippen molar-refractivity contribution >= 4 is 17.7 Å². The smallest absolute Gasteiger partial charge is 0.245 e. The Kier molecular flexibility index (Phi) is 10.6. The Bertz CT molecular complexity index is 941. The minimum absolute atomic E-state index is 0.0224. The summed E-state index contributed by atoms with van der Waals surface area (Å²) in [4.78, 5) is 36.5.